The van der Waals surface area contributed by atoms with Crippen molar-refractivity contribution in [2.24, 2.45) is 5.73 Å². The molecule has 0 bridgehead atoms. The van der Waals surface area contributed by atoms with E-state index in [2.05, 4.69) is 11.8 Å². The number of rotatable bonds is 4. The molecule has 0 radical (unpaired) electrons. The van der Waals surface area contributed by atoms with Gasteiger partial charge in [0.1, 0.15) is 5.75 Å². The van der Waals surface area contributed by atoms with Crippen molar-refractivity contribution in [3.63, 3.8) is 0 Å². The van der Waals surface area contributed by atoms with Crippen LogP contribution < -0.4 is 5.73 Å². The molecule has 3 heteroatoms. The van der Waals surface area contributed by atoms with Gasteiger partial charge >= 0.3 is 0 Å². The average molecular weight is 220 g/mol. The van der Waals surface area contributed by atoms with Crippen LogP contribution >= 0.6 is 0 Å². The molecule has 0 aromatic heterocycles. The van der Waals surface area contributed by atoms with Crippen molar-refractivity contribution in [1.29, 1.82) is 0 Å². The summed E-state index contributed by atoms with van der Waals surface area (Å²) in [5.41, 5.74) is 7.09. The van der Waals surface area contributed by atoms with Gasteiger partial charge in [-0.3, -0.25) is 4.90 Å². The highest BCUT2D eigenvalue weighted by Crippen LogP contribution is 2.26. The summed E-state index contributed by atoms with van der Waals surface area (Å²) in [6.07, 6.45) is 2.17. The average Bonchev–Trinajstić information content (AvgIpc) is 2.14. The minimum Gasteiger partial charge on any atom is -0.508 e. The number of nitrogens with two attached hydrogens (primary N) is 1. The number of aromatic hydroxyl groups is 1. The maximum absolute atomic E-state index is 9.45. The number of likely N-dealkylation sites (tertiary alicyclic amines) is 1. The van der Waals surface area contributed by atoms with Crippen LogP contribution in [0, 0.1) is 0 Å². The molecular formula is C13H20N2O. The lowest BCUT2D eigenvalue weighted by Gasteiger charge is -2.46. The predicted molar refractivity (Wildman–Crippen MR) is 65.5 cm³/mol. The van der Waals surface area contributed by atoms with E-state index in [-0.39, 0.29) is 5.54 Å². The monoisotopic (exact) mass is 220 g/mol. The normalized spacial score (nSPS) is 20.1. The van der Waals surface area contributed by atoms with E-state index >= 15 is 0 Å². The molecule has 16 heavy (non-hydrogen) atoms. The minimum atomic E-state index is 0.0338. The maximum atomic E-state index is 9.45. The van der Waals surface area contributed by atoms with Gasteiger partial charge in [0.15, 0.2) is 0 Å². The van der Waals surface area contributed by atoms with Crippen LogP contribution in [0.4, 0.5) is 0 Å². The zero-order chi connectivity index (χ0) is 11.6. The molecule has 1 unspecified atom stereocenters. The Bertz CT molecular complexity index is 363. The van der Waals surface area contributed by atoms with Crippen LogP contribution in [-0.2, 0) is 6.42 Å². The van der Waals surface area contributed by atoms with Crippen molar-refractivity contribution >= 4 is 0 Å². The van der Waals surface area contributed by atoms with Gasteiger partial charge < -0.3 is 10.8 Å². The van der Waals surface area contributed by atoms with E-state index in [1.807, 2.05) is 18.2 Å². The summed E-state index contributed by atoms with van der Waals surface area (Å²) in [4.78, 5) is 2.43. The highest BCUT2D eigenvalue weighted by Gasteiger charge is 2.34. The lowest BCUT2D eigenvalue weighted by atomic mass is 9.88. The Morgan fingerprint density at radius 1 is 1.44 bits per heavy atom. The zero-order valence-corrected chi connectivity index (χ0v) is 9.82. The van der Waals surface area contributed by atoms with Crippen LogP contribution in [0.3, 0.4) is 0 Å². The molecular weight excluding hydrogens is 200 g/mol. The van der Waals surface area contributed by atoms with Crippen LogP contribution in [-0.4, -0.2) is 35.2 Å². The lowest BCUT2D eigenvalue weighted by molar-refractivity contribution is 0.0480. The number of phenols is 1. The third kappa shape index (κ3) is 2.20. The minimum absolute atomic E-state index is 0.0338. The molecule has 1 atom stereocenters. The highest BCUT2D eigenvalue weighted by molar-refractivity contribution is 5.28. The van der Waals surface area contributed by atoms with Gasteiger partial charge in [-0.1, -0.05) is 12.1 Å². The van der Waals surface area contributed by atoms with Gasteiger partial charge in [-0.05, 0) is 50.6 Å². The lowest BCUT2D eigenvalue weighted by Crippen LogP contribution is -2.58. The second kappa shape index (κ2) is 4.44. The van der Waals surface area contributed by atoms with Crippen molar-refractivity contribution in [2.45, 2.75) is 25.3 Å². The molecule has 2 rings (SSSR count). The second-order valence-corrected chi connectivity index (χ2v) is 4.89. The summed E-state index contributed by atoms with van der Waals surface area (Å²) < 4.78 is 0. The highest BCUT2D eigenvalue weighted by atomic mass is 16.3. The van der Waals surface area contributed by atoms with Crippen molar-refractivity contribution in [3.8, 4) is 5.75 Å². The Morgan fingerprint density at radius 3 is 2.69 bits per heavy atom. The van der Waals surface area contributed by atoms with Gasteiger partial charge in [0.05, 0.1) is 0 Å². The largest absolute Gasteiger partial charge is 0.508 e. The second-order valence-electron chi connectivity index (χ2n) is 4.89. The van der Waals surface area contributed by atoms with Crippen molar-refractivity contribution in [3.05, 3.63) is 29.8 Å². The van der Waals surface area contributed by atoms with Gasteiger partial charge in [-0.2, -0.15) is 0 Å². The fourth-order valence-corrected chi connectivity index (χ4v) is 2.28. The SMILES string of the molecule is CC(CN)(Cc1cccc(O)c1)N1CCC1. The summed E-state index contributed by atoms with van der Waals surface area (Å²) in [5, 5.41) is 9.45. The molecule has 0 amide bonds. The van der Waals surface area contributed by atoms with Crippen LogP contribution in [0.15, 0.2) is 24.3 Å². The Hall–Kier alpha value is -1.06. The van der Waals surface area contributed by atoms with E-state index in [4.69, 9.17) is 5.73 Å². The van der Waals surface area contributed by atoms with E-state index in [0.29, 0.717) is 12.3 Å². The fraction of sp³-hybridized carbons (Fsp3) is 0.538. The Morgan fingerprint density at radius 2 is 2.19 bits per heavy atom. The Kier molecular flexibility index (Phi) is 3.17. The summed E-state index contributed by atoms with van der Waals surface area (Å²) in [6.45, 7) is 5.15. The van der Waals surface area contributed by atoms with Crippen molar-refractivity contribution in [2.75, 3.05) is 19.6 Å². The smallest absolute Gasteiger partial charge is 0.115 e. The third-order valence-electron chi connectivity index (χ3n) is 3.55. The topological polar surface area (TPSA) is 49.5 Å². The van der Waals surface area contributed by atoms with Gasteiger partial charge in [-0.15, -0.1) is 0 Å². The molecule has 88 valence electrons. The molecule has 0 aliphatic carbocycles. The Balaban J connectivity index is 2.11. The predicted octanol–water partition coefficient (Wildman–Crippen LogP) is 1.36. The van der Waals surface area contributed by atoms with E-state index in [1.54, 1.807) is 6.07 Å². The maximum Gasteiger partial charge on any atom is 0.115 e. The molecule has 1 aromatic carbocycles. The summed E-state index contributed by atoms with van der Waals surface area (Å²) in [6, 6.07) is 7.46. The number of hydrogen-bond acceptors (Lipinski definition) is 3. The summed E-state index contributed by atoms with van der Waals surface area (Å²) in [7, 11) is 0. The fourth-order valence-electron chi connectivity index (χ4n) is 2.28. The quantitative estimate of drug-likeness (QED) is 0.805. The summed E-state index contributed by atoms with van der Waals surface area (Å²) >= 11 is 0. The molecule has 3 nitrogen and oxygen atoms in total. The van der Waals surface area contributed by atoms with Crippen LogP contribution in [0.5, 0.6) is 5.75 Å². The molecule has 1 heterocycles. The number of phenolic OH excluding ortho intramolecular Hbond substituents is 1. The standard InChI is InChI=1S/C13H20N2O/c1-13(10-14,15-6-3-7-15)9-11-4-2-5-12(16)8-11/h2,4-5,8,16H,3,6-7,9-10,14H2,1H3. The van der Waals surface area contributed by atoms with Gasteiger partial charge in [0.25, 0.3) is 0 Å². The number of nitrogens with zero attached hydrogens (tertiary/aromatic N) is 1. The number of benzene rings is 1. The van der Waals surface area contributed by atoms with Gasteiger partial charge in [0.2, 0.25) is 0 Å². The first kappa shape index (κ1) is 11.4. The summed E-state index contributed by atoms with van der Waals surface area (Å²) in [5.74, 6) is 0.334. The molecule has 1 aromatic rings. The van der Waals surface area contributed by atoms with Crippen molar-refractivity contribution < 1.29 is 5.11 Å². The third-order valence-corrected chi connectivity index (χ3v) is 3.55. The van der Waals surface area contributed by atoms with Crippen LogP contribution in [0.1, 0.15) is 18.9 Å². The molecule has 1 saturated heterocycles. The van der Waals surface area contributed by atoms with E-state index < -0.39 is 0 Å². The molecule has 0 saturated carbocycles. The zero-order valence-electron chi connectivity index (χ0n) is 9.82. The molecule has 1 aliphatic heterocycles. The van der Waals surface area contributed by atoms with Crippen LogP contribution in [0.2, 0.25) is 0 Å². The van der Waals surface area contributed by atoms with E-state index in [9.17, 15) is 5.11 Å². The van der Waals surface area contributed by atoms with Crippen LogP contribution in [0.25, 0.3) is 0 Å². The molecule has 1 aliphatic rings. The molecule has 3 N–H and O–H groups in total. The molecule has 1 fully saturated rings. The first-order valence-electron chi connectivity index (χ1n) is 5.87. The van der Waals surface area contributed by atoms with E-state index in [1.165, 1.54) is 6.42 Å². The first-order valence-corrected chi connectivity index (χ1v) is 5.87. The van der Waals surface area contributed by atoms with Gasteiger partial charge in [0, 0.05) is 12.1 Å². The van der Waals surface area contributed by atoms with Crippen molar-refractivity contribution in [1.82, 2.24) is 4.90 Å². The van der Waals surface area contributed by atoms with E-state index in [0.717, 1.165) is 25.1 Å². The Labute approximate surface area is 96.9 Å². The number of hydrogen-bond donors (Lipinski definition) is 2. The van der Waals surface area contributed by atoms with Gasteiger partial charge in [-0.25, -0.2) is 0 Å². The first-order chi connectivity index (χ1) is 7.64. The molecule has 0 spiro atoms.